The smallest absolute Gasteiger partial charge is 0.356 e. The van der Waals surface area contributed by atoms with Crippen LogP contribution >= 0.6 is 0 Å². The minimum atomic E-state index is -1.39. The van der Waals surface area contributed by atoms with Crippen LogP contribution in [0.25, 0.3) is 0 Å². The molecule has 0 saturated carbocycles. The molecule has 2 heterocycles. The zero-order valence-corrected chi connectivity index (χ0v) is 18.0. The first kappa shape index (κ1) is 22.1. The summed E-state index contributed by atoms with van der Waals surface area (Å²) in [5.74, 6) is -0.616. The number of non-ortho nitro benzene ring substituents is 1. The van der Waals surface area contributed by atoms with Crippen LogP contribution in [0.2, 0.25) is 0 Å². The van der Waals surface area contributed by atoms with Gasteiger partial charge < -0.3 is 14.5 Å². The average Bonchev–Trinajstić information content (AvgIpc) is 3.06. The minimum absolute atomic E-state index is 0.0539. The topological polar surface area (TPSA) is 110 Å². The molecule has 3 atom stereocenters. The Hall–Kier alpha value is -2.59. The van der Waals surface area contributed by atoms with E-state index in [2.05, 4.69) is 0 Å². The van der Waals surface area contributed by atoms with E-state index in [1.165, 1.54) is 29.2 Å². The summed E-state index contributed by atoms with van der Waals surface area (Å²) in [7, 11) is 2.37. The molecule has 0 radical (unpaired) electrons. The van der Waals surface area contributed by atoms with Crippen molar-refractivity contribution >= 4 is 28.4 Å². The number of nitrogens with zero attached hydrogens (tertiary/aromatic N) is 3. The summed E-state index contributed by atoms with van der Waals surface area (Å²) in [6.45, 7) is 2.42. The molecule has 0 spiro atoms. The maximum Gasteiger partial charge on any atom is 0.356 e. The van der Waals surface area contributed by atoms with Gasteiger partial charge in [0.2, 0.25) is 5.91 Å². The van der Waals surface area contributed by atoms with Crippen molar-refractivity contribution in [3.8, 4) is 0 Å². The second-order valence-electron chi connectivity index (χ2n) is 7.62. The summed E-state index contributed by atoms with van der Waals surface area (Å²) >= 11 is 0. The van der Waals surface area contributed by atoms with Crippen LogP contribution in [0.15, 0.2) is 34.9 Å². The molecular weight excluding hydrogens is 410 g/mol. The van der Waals surface area contributed by atoms with E-state index in [-0.39, 0.29) is 35.9 Å². The first-order valence-corrected chi connectivity index (χ1v) is 11.1. The largest absolute Gasteiger partial charge is 0.456 e. The van der Waals surface area contributed by atoms with Gasteiger partial charge in [0.25, 0.3) is 5.69 Å². The average molecular weight is 436 g/mol. The summed E-state index contributed by atoms with van der Waals surface area (Å²) in [6, 6.07) is 5.55. The molecule has 1 saturated heterocycles. The van der Waals surface area contributed by atoms with Gasteiger partial charge >= 0.3 is 5.97 Å². The van der Waals surface area contributed by atoms with Gasteiger partial charge in [-0.3, -0.25) is 19.1 Å². The van der Waals surface area contributed by atoms with Crippen molar-refractivity contribution < 1.29 is 23.5 Å². The standard InChI is InChI=1S/C20H25N3O6S/c1-4-15-16-11-17(30(28)10-9-21(2)3)18(22(16)19(15)24)20(25)29-12-13-5-7-14(8-6-13)23(26)27/h5-8,15-16H,4,9-12H2,1-3H3. The molecule has 3 unspecified atom stereocenters. The van der Waals surface area contributed by atoms with E-state index in [4.69, 9.17) is 4.74 Å². The van der Waals surface area contributed by atoms with Crippen molar-refractivity contribution in [2.24, 2.45) is 5.92 Å². The third-order valence-electron chi connectivity index (χ3n) is 5.40. The molecular formula is C20H25N3O6S. The number of carbonyl (C=O) groups is 2. The van der Waals surface area contributed by atoms with Gasteiger partial charge in [-0.2, -0.15) is 0 Å². The number of hydrogen-bond donors (Lipinski definition) is 0. The van der Waals surface area contributed by atoms with Gasteiger partial charge in [0, 0.05) is 35.8 Å². The number of ether oxygens (including phenoxy) is 1. The number of benzene rings is 1. The lowest BCUT2D eigenvalue weighted by atomic mass is 9.85. The van der Waals surface area contributed by atoms with Crippen molar-refractivity contribution in [3.05, 3.63) is 50.5 Å². The predicted octanol–water partition coefficient (Wildman–Crippen LogP) is 1.80. The number of fused-ring (bicyclic) bond motifs is 1. The van der Waals surface area contributed by atoms with Crippen molar-refractivity contribution in [3.63, 3.8) is 0 Å². The summed E-state index contributed by atoms with van der Waals surface area (Å²) in [6.07, 6.45) is 1.09. The van der Waals surface area contributed by atoms with E-state index in [0.29, 0.717) is 35.6 Å². The fourth-order valence-electron chi connectivity index (χ4n) is 3.71. The zero-order chi connectivity index (χ0) is 22.0. The number of hydrogen-bond acceptors (Lipinski definition) is 7. The molecule has 1 amide bonds. The van der Waals surface area contributed by atoms with Gasteiger partial charge in [0.1, 0.15) is 12.3 Å². The number of nitro groups is 1. The highest BCUT2D eigenvalue weighted by Gasteiger charge is 2.55. The van der Waals surface area contributed by atoms with Gasteiger partial charge in [-0.1, -0.05) is 6.92 Å². The monoisotopic (exact) mass is 435 g/mol. The highest BCUT2D eigenvalue weighted by atomic mass is 32.2. The lowest BCUT2D eigenvalue weighted by Crippen LogP contribution is -2.58. The second-order valence-corrected chi connectivity index (χ2v) is 9.21. The van der Waals surface area contributed by atoms with E-state index in [0.717, 1.165) is 0 Å². The van der Waals surface area contributed by atoms with E-state index in [1.54, 1.807) is 0 Å². The molecule has 3 rings (SSSR count). The van der Waals surface area contributed by atoms with E-state index in [9.17, 15) is 23.9 Å². The fraction of sp³-hybridized carbons (Fsp3) is 0.500. The lowest BCUT2D eigenvalue weighted by molar-refractivity contribution is -0.384. The normalized spacial score (nSPS) is 21.5. The number of amides is 1. The van der Waals surface area contributed by atoms with Gasteiger partial charge in [-0.05, 0) is 38.2 Å². The number of esters is 1. The molecule has 0 aliphatic carbocycles. The van der Waals surface area contributed by atoms with Gasteiger partial charge in [0.15, 0.2) is 0 Å². The predicted molar refractivity (Wildman–Crippen MR) is 111 cm³/mol. The SMILES string of the molecule is CCC1C(=O)N2C(C(=O)OCc3ccc([N+](=O)[O-])cc3)=C(S(=O)CCN(C)C)CC12. The first-order valence-electron chi connectivity index (χ1n) is 9.74. The number of β-lactam (4-membered cyclic amide) rings is 1. The van der Waals surface area contributed by atoms with Crippen molar-refractivity contribution in [2.45, 2.75) is 32.4 Å². The molecule has 2 aliphatic rings. The van der Waals surface area contributed by atoms with Crippen LogP contribution < -0.4 is 0 Å². The maximum atomic E-state index is 12.9. The summed E-state index contributed by atoms with van der Waals surface area (Å²) in [5, 5.41) is 10.7. The second kappa shape index (κ2) is 9.05. The molecule has 30 heavy (non-hydrogen) atoms. The van der Waals surface area contributed by atoms with Gasteiger partial charge in [-0.15, -0.1) is 0 Å². The van der Waals surface area contributed by atoms with Crippen LogP contribution in [-0.4, -0.2) is 63.2 Å². The fourth-order valence-corrected chi connectivity index (χ4v) is 5.25. The Balaban J connectivity index is 1.76. The summed E-state index contributed by atoms with van der Waals surface area (Å²) < 4.78 is 18.3. The molecule has 0 aromatic heterocycles. The first-order chi connectivity index (χ1) is 14.2. The molecule has 0 N–H and O–H groups in total. The lowest BCUT2D eigenvalue weighted by Gasteiger charge is -2.43. The van der Waals surface area contributed by atoms with Crippen molar-refractivity contribution in [1.82, 2.24) is 9.80 Å². The van der Waals surface area contributed by atoms with Crippen LogP contribution in [0.1, 0.15) is 25.3 Å². The highest BCUT2D eigenvalue weighted by molar-refractivity contribution is 7.89. The van der Waals surface area contributed by atoms with E-state index in [1.807, 2.05) is 25.9 Å². The molecule has 1 aromatic carbocycles. The maximum absolute atomic E-state index is 12.9. The van der Waals surface area contributed by atoms with Gasteiger partial charge in [-0.25, -0.2) is 4.79 Å². The quantitative estimate of drug-likeness (QED) is 0.252. The molecule has 1 fully saturated rings. The Labute approximate surface area is 177 Å². The Bertz CT molecular complexity index is 912. The van der Waals surface area contributed by atoms with Crippen molar-refractivity contribution in [2.75, 3.05) is 26.4 Å². The Kier molecular flexibility index (Phi) is 6.67. The molecule has 9 nitrogen and oxygen atoms in total. The van der Waals surface area contributed by atoms with E-state index < -0.39 is 21.7 Å². The highest BCUT2D eigenvalue weighted by Crippen LogP contribution is 2.44. The number of rotatable bonds is 9. The van der Waals surface area contributed by atoms with Gasteiger partial charge in [0.05, 0.1) is 27.7 Å². The Morgan fingerprint density at radius 1 is 1.33 bits per heavy atom. The summed E-state index contributed by atoms with van der Waals surface area (Å²) in [5.41, 5.74) is 0.635. The number of nitro benzene ring substituents is 1. The molecule has 0 bridgehead atoms. The summed E-state index contributed by atoms with van der Waals surface area (Å²) in [4.78, 5) is 39.4. The van der Waals surface area contributed by atoms with Crippen LogP contribution in [0, 0.1) is 16.0 Å². The third kappa shape index (κ3) is 4.29. The Morgan fingerprint density at radius 3 is 2.57 bits per heavy atom. The molecule has 10 heteroatoms. The number of carbonyl (C=O) groups excluding carboxylic acids is 2. The third-order valence-corrected chi connectivity index (χ3v) is 6.86. The molecule has 162 valence electrons. The minimum Gasteiger partial charge on any atom is -0.456 e. The van der Waals surface area contributed by atoms with Crippen LogP contribution in [0.4, 0.5) is 5.69 Å². The van der Waals surface area contributed by atoms with E-state index >= 15 is 0 Å². The molecule has 2 aliphatic heterocycles. The van der Waals surface area contributed by atoms with Crippen molar-refractivity contribution in [1.29, 1.82) is 0 Å². The zero-order valence-electron chi connectivity index (χ0n) is 17.2. The van der Waals surface area contributed by atoms with Crippen LogP contribution in [-0.2, 0) is 31.7 Å². The molecule has 1 aromatic rings. The van der Waals surface area contributed by atoms with Crippen LogP contribution in [0.5, 0.6) is 0 Å². The Morgan fingerprint density at radius 2 is 2.00 bits per heavy atom. The van der Waals surface area contributed by atoms with Crippen LogP contribution in [0.3, 0.4) is 0 Å².